The minimum absolute atomic E-state index is 0.193. The van der Waals surface area contributed by atoms with E-state index in [2.05, 4.69) is 21.9 Å². The Bertz CT molecular complexity index is 953. The van der Waals surface area contributed by atoms with E-state index >= 15 is 0 Å². The quantitative estimate of drug-likeness (QED) is 0.636. The fourth-order valence-electron chi connectivity index (χ4n) is 3.50. The van der Waals surface area contributed by atoms with Crippen molar-refractivity contribution in [1.29, 1.82) is 0 Å². The van der Waals surface area contributed by atoms with Crippen molar-refractivity contribution in [3.05, 3.63) is 28.9 Å². The van der Waals surface area contributed by atoms with Crippen LogP contribution in [-0.4, -0.2) is 48.7 Å². The molecule has 2 atom stereocenters. The van der Waals surface area contributed by atoms with Gasteiger partial charge in [0.15, 0.2) is 0 Å². The number of carbonyl (C=O) groups is 1. The lowest BCUT2D eigenvalue weighted by molar-refractivity contribution is 0.104. The van der Waals surface area contributed by atoms with Crippen LogP contribution in [0.25, 0.3) is 22.1 Å². The van der Waals surface area contributed by atoms with Crippen molar-refractivity contribution in [3.8, 4) is 0 Å². The van der Waals surface area contributed by atoms with Gasteiger partial charge in [0.25, 0.3) is 0 Å². The van der Waals surface area contributed by atoms with E-state index in [-0.39, 0.29) is 17.6 Å². The molecule has 3 N–H and O–H groups in total. The molecule has 120 valence electrons. The van der Waals surface area contributed by atoms with E-state index in [1.165, 1.54) is 4.90 Å². The number of rotatable bonds is 1. The summed E-state index contributed by atoms with van der Waals surface area (Å²) < 4.78 is 1.70. The maximum absolute atomic E-state index is 12.5. The van der Waals surface area contributed by atoms with Gasteiger partial charge in [-0.25, -0.2) is 14.6 Å². The zero-order valence-corrected chi connectivity index (χ0v) is 12.6. The van der Waals surface area contributed by atoms with Crippen molar-refractivity contribution in [1.82, 2.24) is 24.4 Å². The summed E-state index contributed by atoms with van der Waals surface area (Å²) in [5.41, 5.74) is 1.94. The van der Waals surface area contributed by atoms with Crippen molar-refractivity contribution in [2.45, 2.75) is 19.4 Å². The summed E-state index contributed by atoms with van der Waals surface area (Å²) in [6.07, 6.45) is 3.21. The first-order chi connectivity index (χ1) is 11.1. The van der Waals surface area contributed by atoms with Gasteiger partial charge < -0.3 is 20.0 Å². The highest BCUT2D eigenvalue weighted by molar-refractivity contribution is 6.00. The van der Waals surface area contributed by atoms with Crippen molar-refractivity contribution >= 4 is 28.2 Å². The molecule has 1 saturated heterocycles. The van der Waals surface area contributed by atoms with Crippen LogP contribution in [-0.2, 0) is 0 Å². The summed E-state index contributed by atoms with van der Waals surface area (Å²) in [4.78, 5) is 35.4. The summed E-state index contributed by atoms with van der Waals surface area (Å²) in [7, 11) is 0. The molecule has 8 nitrogen and oxygen atoms in total. The predicted octanol–water partition coefficient (Wildman–Crippen LogP) is 1.77. The monoisotopic (exact) mass is 315 g/mol. The number of hydrogen-bond acceptors (Lipinski definition) is 3. The molecule has 0 saturated carbocycles. The Hall–Kier alpha value is -2.77. The van der Waals surface area contributed by atoms with Crippen molar-refractivity contribution in [2.24, 2.45) is 5.92 Å². The number of hydrogen-bond donors (Lipinski definition) is 3. The van der Waals surface area contributed by atoms with Gasteiger partial charge in [0.1, 0.15) is 5.65 Å². The Kier molecular flexibility index (Phi) is 2.93. The molecule has 0 aromatic carbocycles. The van der Waals surface area contributed by atoms with Gasteiger partial charge in [0, 0.05) is 24.7 Å². The highest BCUT2D eigenvalue weighted by Gasteiger charge is 2.32. The second kappa shape index (κ2) is 4.87. The van der Waals surface area contributed by atoms with Crippen LogP contribution in [0.1, 0.15) is 19.4 Å². The molecule has 1 amide bonds. The lowest BCUT2D eigenvalue weighted by Crippen LogP contribution is -2.45. The van der Waals surface area contributed by atoms with Gasteiger partial charge in [-0.05, 0) is 18.4 Å². The highest BCUT2D eigenvalue weighted by atomic mass is 16.4. The number of H-pyrrole nitrogens is 2. The number of aromatic amines is 2. The van der Waals surface area contributed by atoms with Gasteiger partial charge >= 0.3 is 11.8 Å². The molecular weight excluding hydrogens is 298 g/mol. The molecule has 8 heteroatoms. The maximum Gasteiger partial charge on any atom is 0.407 e. The SMILES string of the molecule is C[C@@H]1CCN(C(=O)O)C[C@@H]1n1c(=O)[nH]c2cnc3[nH]ccc3c21. The van der Waals surface area contributed by atoms with E-state index in [9.17, 15) is 14.7 Å². The first kappa shape index (κ1) is 13.9. The standard InChI is InChI=1S/C15H17N5O3/c1-8-3-5-19(15(22)23)7-11(8)20-12-9-2-4-16-13(9)17-6-10(12)18-14(20)21/h2,4,6,8,11H,3,5,7H2,1H3,(H,16,17)(H,18,21)(H,22,23)/t8-,11+/m1/s1. The Labute approximate surface area is 130 Å². The number of likely N-dealkylation sites (tertiary alicyclic amines) is 1. The summed E-state index contributed by atoms with van der Waals surface area (Å²) >= 11 is 0. The first-order valence-electron chi connectivity index (χ1n) is 7.60. The molecule has 23 heavy (non-hydrogen) atoms. The van der Waals surface area contributed by atoms with Gasteiger partial charge in [0.2, 0.25) is 0 Å². The van der Waals surface area contributed by atoms with Crippen molar-refractivity contribution in [2.75, 3.05) is 13.1 Å². The van der Waals surface area contributed by atoms with E-state index in [1.807, 2.05) is 6.07 Å². The molecule has 0 unspecified atom stereocenters. The van der Waals surface area contributed by atoms with Crippen LogP contribution in [0.5, 0.6) is 0 Å². The number of piperidine rings is 1. The van der Waals surface area contributed by atoms with Gasteiger partial charge in [-0.2, -0.15) is 0 Å². The van der Waals surface area contributed by atoms with Crippen LogP contribution in [0.4, 0.5) is 4.79 Å². The Morgan fingerprint density at radius 1 is 1.48 bits per heavy atom. The average Bonchev–Trinajstić information content (AvgIpc) is 3.10. The second-order valence-electron chi connectivity index (χ2n) is 6.12. The minimum Gasteiger partial charge on any atom is -0.465 e. The number of aromatic nitrogens is 4. The van der Waals surface area contributed by atoms with E-state index in [4.69, 9.17) is 0 Å². The fraction of sp³-hybridized carbons (Fsp3) is 0.400. The average molecular weight is 315 g/mol. The van der Waals surface area contributed by atoms with E-state index in [0.29, 0.717) is 24.3 Å². The van der Waals surface area contributed by atoms with Crippen LogP contribution in [0, 0.1) is 5.92 Å². The Morgan fingerprint density at radius 3 is 3.09 bits per heavy atom. The third-order valence-corrected chi connectivity index (χ3v) is 4.78. The molecule has 4 heterocycles. The number of nitrogens with one attached hydrogen (secondary N) is 2. The number of pyridine rings is 1. The predicted molar refractivity (Wildman–Crippen MR) is 84.6 cm³/mol. The smallest absolute Gasteiger partial charge is 0.407 e. The number of imidazole rings is 1. The first-order valence-corrected chi connectivity index (χ1v) is 7.60. The zero-order valence-electron chi connectivity index (χ0n) is 12.6. The van der Waals surface area contributed by atoms with Crippen LogP contribution in [0.3, 0.4) is 0 Å². The largest absolute Gasteiger partial charge is 0.465 e. The maximum atomic E-state index is 12.5. The summed E-state index contributed by atoms with van der Waals surface area (Å²) in [6.45, 7) is 2.88. The number of carboxylic acid groups (broad SMARTS) is 1. The normalized spacial score (nSPS) is 22.0. The molecular formula is C15H17N5O3. The zero-order chi connectivity index (χ0) is 16.1. The van der Waals surface area contributed by atoms with Crippen molar-refractivity contribution < 1.29 is 9.90 Å². The van der Waals surface area contributed by atoms with Gasteiger partial charge in [-0.1, -0.05) is 6.92 Å². The van der Waals surface area contributed by atoms with E-state index in [0.717, 1.165) is 17.3 Å². The summed E-state index contributed by atoms with van der Waals surface area (Å²) in [5, 5.41) is 10.1. The Morgan fingerprint density at radius 2 is 2.30 bits per heavy atom. The minimum atomic E-state index is -0.941. The topological polar surface area (TPSA) is 107 Å². The third-order valence-electron chi connectivity index (χ3n) is 4.78. The molecule has 1 aliphatic heterocycles. The van der Waals surface area contributed by atoms with Crippen LogP contribution in [0.2, 0.25) is 0 Å². The molecule has 3 aromatic rings. The molecule has 0 radical (unpaired) electrons. The number of nitrogens with zero attached hydrogens (tertiary/aromatic N) is 3. The van der Waals surface area contributed by atoms with Crippen LogP contribution in [0.15, 0.2) is 23.3 Å². The summed E-state index contributed by atoms with van der Waals surface area (Å²) in [5.74, 6) is 0.212. The lowest BCUT2D eigenvalue weighted by Gasteiger charge is -2.36. The van der Waals surface area contributed by atoms with Crippen LogP contribution >= 0.6 is 0 Å². The van der Waals surface area contributed by atoms with E-state index in [1.54, 1.807) is 17.0 Å². The number of fused-ring (bicyclic) bond motifs is 3. The molecule has 1 aliphatic rings. The fourth-order valence-corrected chi connectivity index (χ4v) is 3.50. The van der Waals surface area contributed by atoms with Crippen molar-refractivity contribution in [3.63, 3.8) is 0 Å². The molecule has 0 aliphatic carbocycles. The molecule has 1 fully saturated rings. The number of amides is 1. The molecule has 0 bridgehead atoms. The third kappa shape index (κ3) is 2.01. The van der Waals surface area contributed by atoms with E-state index < -0.39 is 6.09 Å². The van der Waals surface area contributed by atoms with Gasteiger partial charge in [0.05, 0.1) is 23.3 Å². The summed E-state index contributed by atoms with van der Waals surface area (Å²) in [6, 6.07) is 1.69. The van der Waals surface area contributed by atoms with Crippen LogP contribution < -0.4 is 5.69 Å². The Balaban J connectivity index is 1.93. The second-order valence-corrected chi connectivity index (χ2v) is 6.12. The highest BCUT2D eigenvalue weighted by Crippen LogP contribution is 2.31. The van der Waals surface area contributed by atoms with Gasteiger partial charge in [-0.15, -0.1) is 0 Å². The molecule has 4 rings (SSSR count). The molecule has 0 spiro atoms. The molecule has 3 aromatic heterocycles. The van der Waals surface area contributed by atoms with Gasteiger partial charge in [-0.3, -0.25) is 4.57 Å². The lowest BCUT2D eigenvalue weighted by atomic mass is 9.93.